The van der Waals surface area contributed by atoms with Gasteiger partial charge in [0.25, 0.3) is 0 Å². The van der Waals surface area contributed by atoms with Crippen LogP contribution >= 0.6 is 11.8 Å². The topological polar surface area (TPSA) is 79.5 Å². The van der Waals surface area contributed by atoms with Gasteiger partial charge in [-0.3, -0.25) is 4.79 Å². The second-order valence-corrected chi connectivity index (χ2v) is 6.27. The highest BCUT2D eigenvalue weighted by Gasteiger charge is 2.04. The third kappa shape index (κ3) is 7.28. The lowest BCUT2D eigenvalue weighted by Gasteiger charge is -2.10. The Bertz CT molecular complexity index is 695. The van der Waals surface area contributed by atoms with Crippen molar-refractivity contribution in [2.24, 2.45) is 0 Å². The van der Waals surface area contributed by atoms with Gasteiger partial charge in [-0.15, -0.1) is 11.8 Å². The molecule has 0 fully saturated rings. The summed E-state index contributed by atoms with van der Waals surface area (Å²) in [6.07, 6.45) is 0. The summed E-state index contributed by atoms with van der Waals surface area (Å²) in [5.41, 5.74) is 1.20. The summed E-state index contributed by atoms with van der Waals surface area (Å²) in [6, 6.07) is 16.7. The van der Waals surface area contributed by atoms with Gasteiger partial charge in [-0.1, -0.05) is 24.3 Å². The second kappa shape index (κ2) is 10.4. The van der Waals surface area contributed by atoms with Gasteiger partial charge in [0, 0.05) is 35.7 Å². The number of carbonyl (C=O) groups excluding carboxylic acids is 2. The Morgan fingerprint density at radius 3 is 2.44 bits per heavy atom. The molecule has 0 bridgehead atoms. The van der Waals surface area contributed by atoms with E-state index in [-0.39, 0.29) is 18.5 Å². The zero-order valence-corrected chi connectivity index (χ0v) is 14.8. The first-order valence-electron chi connectivity index (χ1n) is 7.79. The van der Waals surface area contributed by atoms with Crippen molar-refractivity contribution in [3.63, 3.8) is 0 Å². The van der Waals surface area contributed by atoms with Gasteiger partial charge in [-0.2, -0.15) is 0 Å². The first kappa shape index (κ1) is 18.8. The standard InChI is InChI=1S/C18H21N3O3S/c1-24-13-17(22)20-14-6-5-7-15(12-14)21-18(23)19-10-11-25-16-8-3-2-4-9-16/h2-9,12H,10-11,13H2,1H3,(H,20,22)(H2,19,21,23). The molecule has 0 aliphatic rings. The SMILES string of the molecule is COCC(=O)Nc1cccc(NC(=O)NCCSc2ccccc2)c1. The number of carbonyl (C=O) groups is 2. The van der Waals surface area contributed by atoms with Crippen LogP contribution in [0.2, 0.25) is 0 Å². The highest BCUT2D eigenvalue weighted by atomic mass is 32.2. The van der Waals surface area contributed by atoms with Crippen LogP contribution in [-0.2, 0) is 9.53 Å². The van der Waals surface area contributed by atoms with Gasteiger partial charge in [0.2, 0.25) is 5.91 Å². The number of methoxy groups -OCH3 is 1. The Morgan fingerprint density at radius 1 is 1.00 bits per heavy atom. The van der Waals surface area contributed by atoms with Crippen LogP contribution in [0.4, 0.5) is 16.2 Å². The number of benzene rings is 2. The number of amides is 3. The van der Waals surface area contributed by atoms with Gasteiger partial charge in [-0.05, 0) is 30.3 Å². The minimum atomic E-state index is -0.283. The molecule has 0 atom stereocenters. The molecule has 132 valence electrons. The number of thioether (sulfide) groups is 1. The summed E-state index contributed by atoms with van der Waals surface area (Å²) in [5.74, 6) is 0.534. The molecule has 3 N–H and O–H groups in total. The van der Waals surface area contributed by atoms with Crippen molar-refractivity contribution >= 4 is 35.1 Å². The molecule has 0 saturated carbocycles. The third-order valence-corrected chi connectivity index (χ3v) is 4.09. The van der Waals surface area contributed by atoms with Crippen molar-refractivity contribution in [2.75, 3.05) is 36.6 Å². The van der Waals surface area contributed by atoms with Gasteiger partial charge in [0.15, 0.2) is 0 Å². The fourth-order valence-electron chi connectivity index (χ4n) is 2.03. The first-order chi connectivity index (χ1) is 12.2. The minimum absolute atomic E-state index is 0.0166. The second-order valence-electron chi connectivity index (χ2n) is 5.10. The van der Waals surface area contributed by atoms with Gasteiger partial charge in [0.05, 0.1) is 0 Å². The summed E-state index contributed by atoms with van der Waals surface area (Å²) >= 11 is 1.68. The van der Waals surface area contributed by atoms with Gasteiger partial charge in [0.1, 0.15) is 6.61 Å². The quantitative estimate of drug-likeness (QED) is 0.500. The molecule has 0 aliphatic carbocycles. The molecule has 25 heavy (non-hydrogen) atoms. The molecular weight excluding hydrogens is 338 g/mol. The number of nitrogens with one attached hydrogen (secondary N) is 3. The molecule has 2 rings (SSSR count). The largest absolute Gasteiger partial charge is 0.375 e. The molecule has 3 amide bonds. The molecule has 6 nitrogen and oxygen atoms in total. The highest BCUT2D eigenvalue weighted by molar-refractivity contribution is 7.99. The van der Waals surface area contributed by atoms with E-state index in [1.54, 1.807) is 36.0 Å². The number of urea groups is 1. The average Bonchev–Trinajstić information content (AvgIpc) is 2.60. The number of anilines is 2. The molecular formula is C18H21N3O3S. The van der Waals surface area contributed by atoms with Crippen LogP contribution in [0.25, 0.3) is 0 Å². The van der Waals surface area contributed by atoms with Crippen LogP contribution in [0.5, 0.6) is 0 Å². The zero-order chi connectivity index (χ0) is 17.9. The summed E-state index contributed by atoms with van der Waals surface area (Å²) in [4.78, 5) is 24.6. The zero-order valence-electron chi connectivity index (χ0n) is 14.0. The normalized spacial score (nSPS) is 10.1. The summed E-state index contributed by atoms with van der Waals surface area (Å²) in [6.45, 7) is 0.535. The van der Waals surface area contributed by atoms with Gasteiger partial charge >= 0.3 is 6.03 Å². The van der Waals surface area contributed by atoms with E-state index in [1.165, 1.54) is 12.0 Å². The van der Waals surface area contributed by atoms with Crippen LogP contribution in [-0.4, -0.2) is 38.0 Å². The van der Waals surface area contributed by atoms with E-state index >= 15 is 0 Å². The van der Waals surface area contributed by atoms with Crippen LogP contribution in [0, 0.1) is 0 Å². The maximum absolute atomic E-state index is 11.9. The molecule has 7 heteroatoms. The van der Waals surface area contributed by atoms with E-state index in [4.69, 9.17) is 4.74 Å². The van der Waals surface area contributed by atoms with Gasteiger partial charge < -0.3 is 20.7 Å². The molecule has 2 aromatic carbocycles. The Labute approximate surface area is 151 Å². The lowest BCUT2D eigenvalue weighted by atomic mass is 10.2. The molecule has 0 unspecified atom stereocenters. The molecule has 0 spiro atoms. The van der Waals surface area contributed by atoms with E-state index in [2.05, 4.69) is 16.0 Å². The number of ether oxygens (including phenoxy) is 1. The lowest BCUT2D eigenvalue weighted by molar-refractivity contribution is -0.119. The molecule has 0 aromatic heterocycles. The van der Waals surface area contributed by atoms with Crippen molar-refractivity contribution in [3.8, 4) is 0 Å². The van der Waals surface area contributed by atoms with E-state index in [1.807, 2.05) is 30.3 Å². The van der Waals surface area contributed by atoms with Crippen molar-refractivity contribution in [2.45, 2.75) is 4.90 Å². The Morgan fingerprint density at radius 2 is 1.72 bits per heavy atom. The summed E-state index contributed by atoms with van der Waals surface area (Å²) in [7, 11) is 1.46. The van der Waals surface area contributed by atoms with Crippen LogP contribution < -0.4 is 16.0 Å². The van der Waals surface area contributed by atoms with Crippen LogP contribution in [0.3, 0.4) is 0 Å². The number of rotatable bonds is 8. The number of hydrogen-bond donors (Lipinski definition) is 3. The minimum Gasteiger partial charge on any atom is -0.375 e. The van der Waals surface area contributed by atoms with Crippen LogP contribution in [0.15, 0.2) is 59.5 Å². The summed E-state index contributed by atoms with van der Waals surface area (Å²) < 4.78 is 4.76. The molecule has 0 saturated heterocycles. The predicted octanol–water partition coefficient (Wildman–Crippen LogP) is 3.19. The Balaban J connectivity index is 1.73. The van der Waals surface area contributed by atoms with Crippen molar-refractivity contribution in [1.82, 2.24) is 5.32 Å². The fraction of sp³-hybridized carbons (Fsp3) is 0.222. The predicted molar refractivity (Wildman–Crippen MR) is 101 cm³/mol. The first-order valence-corrected chi connectivity index (χ1v) is 8.77. The van der Waals surface area contributed by atoms with Crippen molar-refractivity contribution < 1.29 is 14.3 Å². The summed E-state index contributed by atoms with van der Waals surface area (Å²) in [5, 5.41) is 8.24. The van der Waals surface area contributed by atoms with Crippen molar-refractivity contribution in [1.29, 1.82) is 0 Å². The molecule has 0 heterocycles. The molecule has 2 aromatic rings. The van der Waals surface area contributed by atoms with Crippen molar-refractivity contribution in [3.05, 3.63) is 54.6 Å². The van der Waals surface area contributed by atoms with E-state index in [0.717, 1.165) is 5.75 Å². The van der Waals surface area contributed by atoms with Crippen LogP contribution in [0.1, 0.15) is 0 Å². The third-order valence-electron chi connectivity index (χ3n) is 3.08. The average molecular weight is 359 g/mol. The van der Waals surface area contributed by atoms with E-state index < -0.39 is 0 Å². The molecule has 0 aliphatic heterocycles. The fourth-order valence-corrected chi connectivity index (χ4v) is 2.82. The maximum atomic E-state index is 11.9. The Hall–Kier alpha value is -2.51. The van der Waals surface area contributed by atoms with E-state index in [0.29, 0.717) is 17.9 Å². The number of hydrogen-bond acceptors (Lipinski definition) is 4. The molecule has 0 radical (unpaired) electrons. The Kier molecular flexibility index (Phi) is 7.81. The maximum Gasteiger partial charge on any atom is 0.319 e. The lowest BCUT2D eigenvalue weighted by Crippen LogP contribution is -2.30. The highest BCUT2D eigenvalue weighted by Crippen LogP contribution is 2.16. The van der Waals surface area contributed by atoms with E-state index in [9.17, 15) is 9.59 Å². The van der Waals surface area contributed by atoms with Gasteiger partial charge in [-0.25, -0.2) is 4.79 Å². The monoisotopic (exact) mass is 359 g/mol. The smallest absolute Gasteiger partial charge is 0.319 e.